The molecule has 0 unspecified atom stereocenters. The van der Waals surface area contributed by atoms with Crippen molar-refractivity contribution in [3.8, 4) is 24.2 Å². The molecule has 0 spiro atoms. The van der Waals surface area contributed by atoms with Gasteiger partial charge in [-0.3, -0.25) is 0 Å². The van der Waals surface area contributed by atoms with Crippen LogP contribution in [0.4, 0.5) is 0 Å². The largest absolute Gasteiger partial charge is 0.480 e. The van der Waals surface area contributed by atoms with Crippen LogP contribution >= 0.6 is 11.8 Å². The van der Waals surface area contributed by atoms with Crippen molar-refractivity contribution >= 4 is 11.8 Å². The van der Waals surface area contributed by atoms with Gasteiger partial charge in [0.1, 0.15) is 24.0 Å². The van der Waals surface area contributed by atoms with E-state index in [4.69, 9.17) is 16.4 Å². The molecular formula is C11H9NOS. The monoisotopic (exact) mass is 203 g/mol. The van der Waals surface area contributed by atoms with Gasteiger partial charge in [-0.2, -0.15) is 5.26 Å². The summed E-state index contributed by atoms with van der Waals surface area (Å²) in [6.45, 7) is 0.187. The molecule has 0 aliphatic heterocycles. The lowest BCUT2D eigenvalue weighted by atomic mass is 10.2. The maximum absolute atomic E-state index is 8.93. The van der Waals surface area contributed by atoms with Crippen molar-refractivity contribution in [2.45, 2.75) is 4.90 Å². The molecule has 0 bridgehead atoms. The fraction of sp³-hybridized carbons (Fsp3) is 0.182. The average Bonchev–Trinajstić information content (AvgIpc) is 2.25. The minimum Gasteiger partial charge on any atom is -0.480 e. The first-order valence-corrected chi connectivity index (χ1v) is 5.19. The summed E-state index contributed by atoms with van der Waals surface area (Å²) in [5.41, 5.74) is 0.551. The Balaban J connectivity index is 3.05. The number of benzene rings is 1. The molecule has 0 saturated carbocycles. The van der Waals surface area contributed by atoms with Gasteiger partial charge < -0.3 is 4.74 Å². The Morgan fingerprint density at radius 1 is 1.57 bits per heavy atom. The van der Waals surface area contributed by atoms with Crippen molar-refractivity contribution in [2.75, 3.05) is 12.9 Å². The fourth-order valence-corrected chi connectivity index (χ4v) is 1.60. The van der Waals surface area contributed by atoms with Crippen molar-refractivity contribution in [2.24, 2.45) is 0 Å². The van der Waals surface area contributed by atoms with Gasteiger partial charge in [0.05, 0.1) is 0 Å². The third-order valence-electron chi connectivity index (χ3n) is 1.63. The van der Waals surface area contributed by atoms with Crippen LogP contribution in [-0.2, 0) is 0 Å². The highest BCUT2D eigenvalue weighted by molar-refractivity contribution is 7.98. The molecule has 0 saturated heterocycles. The Morgan fingerprint density at radius 3 is 2.93 bits per heavy atom. The Kier molecular flexibility index (Phi) is 3.91. The van der Waals surface area contributed by atoms with Crippen molar-refractivity contribution < 1.29 is 4.74 Å². The molecule has 3 heteroatoms. The normalized spacial score (nSPS) is 8.79. The maximum Gasteiger partial charge on any atom is 0.148 e. The van der Waals surface area contributed by atoms with Gasteiger partial charge in [-0.05, 0) is 18.4 Å². The van der Waals surface area contributed by atoms with Crippen LogP contribution in [0.2, 0.25) is 0 Å². The molecule has 1 aromatic rings. The van der Waals surface area contributed by atoms with Crippen LogP contribution in [-0.4, -0.2) is 12.9 Å². The molecule has 0 radical (unpaired) electrons. The van der Waals surface area contributed by atoms with E-state index in [0.717, 1.165) is 4.90 Å². The van der Waals surface area contributed by atoms with Crippen LogP contribution in [0.3, 0.4) is 0 Å². The highest BCUT2D eigenvalue weighted by Crippen LogP contribution is 2.27. The number of terminal acetylenes is 1. The van der Waals surface area contributed by atoms with E-state index < -0.39 is 0 Å². The molecule has 2 nitrogen and oxygen atoms in total. The molecule has 0 amide bonds. The second kappa shape index (κ2) is 5.21. The Hall–Kier alpha value is -1.58. The van der Waals surface area contributed by atoms with Gasteiger partial charge in [0.2, 0.25) is 0 Å². The molecule has 1 rings (SSSR count). The smallest absolute Gasteiger partial charge is 0.148 e. The Labute approximate surface area is 87.9 Å². The van der Waals surface area contributed by atoms with Crippen molar-refractivity contribution in [3.05, 3.63) is 23.8 Å². The zero-order valence-corrected chi connectivity index (χ0v) is 8.60. The number of nitriles is 1. The highest BCUT2D eigenvalue weighted by Gasteiger charge is 2.07. The molecule has 14 heavy (non-hydrogen) atoms. The summed E-state index contributed by atoms with van der Waals surface area (Å²) in [4.78, 5) is 0.905. The molecule has 0 N–H and O–H groups in total. The quantitative estimate of drug-likeness (QED) is 0.558. The van der Waals surface area contributed by atoms with Gasteiger partial charge in [-0.25, -0.2) is 0 Å². The number of thioether (sulfide) groups is 1. The Bertz CT molecular complexity index is 401. The van der Waals surface area contributed by atoms with Crippen LogP contribution < -0.4 is 4.74 Å². The number of nitrogens with zero attached hydrogens (tertiary/aromatic N) is 1. The summed E-state index contributed by atoms with van der Waals surface area (Å²) in [6.07, 6.45) is 6.99. The lowest BCUT2D eigenvalue weighted by Gasteiger charge is -2.06. The van der Waals surface area contributed by atoms with Crippen LogP contribution in [0.15, 0.2) is 23.1 Å². The molecule has 0 aliphatic rings. The van der Waals surface area contributed by atoms with Gasteiger partial charge in [-0.1, -0.05) is 12.0 Å². The number of rotatable bonds is 3. The zero-order chi connectivity index (χ0) is 10.4. The third kappa shape index (κ3) is 2.22. The van der Waals surface area contributed by atoms with Crippen molar-refractivity contribution in [1.29, 1.82) is 5.26 Å². The van der Waals surface area contributed by atoms with Gasteiger partial charge in [0, 0.05) is 4.90 Å². The lowest BCUT2D eigenvalue weighted by Crippen LogP contribution is -1.96. The first-order chi connectivity index (χ1) is 6.83. The summed E-state index contributed by atoms with van der Waals surface area (Å²) < 4.78 is 5.25. The summed E-state index contributed by atoms with van der Waals surface area (Å²) in [5.74, 6) is 2.92. The predicted molar refractivity (Wildman–Crippen MR) is 57.3 cm³/mol. The molecule has 1 aromatic carbocycles. The maximum atomic E-state index is 8.93. The minimum absolute atomic E-state index is 0.187. The topological polar surface area (TPSA) is 33.0 Å². The number of ether oxygens (including phenoxy) is 1. The summed E-state index contributed by atoms with van der Waals surface area (Å²) in [5, 5.41) is 8.93. The first kappa shape index (κ1) is 10.5. The van der Waals surface area contributed by atoms with Gasteiger partial charge >= 0.3 is 0 Å². The van der Waals surface area contributed by atoms with Crippen LogP contribution in [0.1, 0.15) is 5.56 Å². The van der Waals surface area contributed by atoms with E-state index >= 15 is 0 Å². The van der Waals surface area contributed by atoms with E-state index in [9.17, 15) is 0 Å². The van der Waals surface area contributed by atoms with Gasteiger partial charge in [0.15, 0.2) is 0 Å². The molecule has 0 atom stereocenters. The summed E-state index contributed by atoms with van der Waals surface area (Å²) >= 11 is 1.51. The average molecular weight is 203 g/mol. The summed E-state index contributed by atoms with van der Waals surface area (Å²) in [7, 11) is 0. The first-order valence-electron chi connectivity index (χ1n) is 3.97. The minimum atomic E-state index is 0.187. The van der Waals surface area contributed by atoms with Crippen LogP contribution in [0.25, 0.3) is 0 Å². The van der Waals surface area contributed by atoms with Crippen molar-refractivity contribution in [3.63, 3.8) is 0 Å². The molecule has 70 valence electrons. The van der Waals surface area contributed by atoms with E-state index in [1.807, 2.05) is 18.4 Å². The number of hydrogen-bond acceptors (Lipinski definition) is 3. The molecule has 0 fully saturated rings. The van der Waals surface area contributed by atoms with Crippen LogP contribution in [0, 0.1) is 23.7 Å². The third-order valence-corrected chi connectivity index (χ3v) is 2.41. The second-order valence-corrected chi connectivity index (χ2v) is 3.29. The van der Waals surface area contributed by atoms with E-state index in [1.54, 1.807) is 6.07 Å². The molecule has 0 aromatic heterocycles. The molecular weight excluding hydrogens is 194 g/mol. The van der Waals surface area contributed by atoms with E-state index in [0.29, 0.717) is 11.3 Å². The highest BCUT2D eigenvalue weighted by atomic mass is 32.2. The van der Waals surface area contributed by atoms with Crippen molar-refractivity contribution in [1.82, 2.24) is 0 Å². The van der Waals surface area contributed by atoms with Gasteiger partial charge in [-0.15, -0.1) is 18.2 Å². The molecule has 0 heterocycles. The van der Waals surface area contributed by atoms with Crippen LogP contribution in [0.5, 0.6) is 5.75 Å². The lowest BCUT2D eigenvalue weighted by molar-refractivity contribution is 0.368. The SMILES string of the molecule is C#CCOc1cccc(SC)c1C#N. The zero-order valence-electron chi connectivity index (χ0n) is 7.78. The molecule has 0 aliphatic carbocycles. The second-order valence-electron chi connectivity index (χ2n) is 2.44. The summed E-state index contributed by atoms with van der Waals surface area (Å²) in [6, 6.07) is 7.58. The van der Waals surface area contributed by atoms with E-state index in [2.05, 4.69) is 12.0 Å². The predicted octanol–water partition coefficient (Wildman–Crippen LogP) is 2.29. The number of hydrogen-bond donors (Lipinski definition) is 0. The van der Waals surface area contributed by atoms with E-state index in [-0.39, 0.29) is 6.61 Å². The van der Waals surface area contributed by atoms with Gasteiger partial charge in [0.25, 0.3) is 0 Å². The van der Waals surface area contributed by atoms with E-state index in [1.165, 1.54) is 11.8 Å². The fourth-order valence-electron chi connectivity index (χ4n) is 1.03. The standard InChI is InChI=1S/C11H9NOS/c1-3-7-13-10-5-4-6-11(14-2)9(10)8-12/h1,4-6H,7H2,2H3. The Morgan fingerprint density at radius 2 is 2.36 bits per heavy atom.